The highest BCUT2D eigenvalue weighted by Crippen LogP contribution is 2.14. The number of aromatic nitrogens is 2. The van der Waals surface area contributed by atoms with Gasteiger partial charge in [-0.25, -0.2) is 4.68 Å². The first kappa shape index (κ1) is 7.86. The Hall–Kier alpha value is -1.77. The molecule has 2 rings (SSSR count). The Kier molecular flexibility index (Phi) is 1.77. The normalized spacial score (nSPS) is 10.2. The zero-order chi connectivity index (χ0) is 9.26. The van der Waals surface area contributed by atoms with Crippen molar-refractivity contribution in [3.8, 4) is 11.6 Å². The first-order valence-electron chi connectivity index (χ1n) is 4.06. The molecule has 0 aliphatic rings. The second-order valence-electron chi connectivity index (χ2n) is 2.87. The molecule has 0 aliphatic carbocycles. The molecule has 1 heterocycles. The molecular weight excluding hydrogens is 164 g/mol. The van der Waals surface area contributed by atoms with Gasteiger partial charge < -0.3 is 5.11 Å². The standard InChI is InChI=1S/C10H10N2O/c1-8-7-10(13)12(11-8)9-5-3-2-4-6-9/h2-7,13H,1H3/p-1. The fourth-order valence-electron chi connectivity index (χ4n) is 1.23. The molecule has 0 bridgehead atoms. The third kappa shape index (κ3) is 1.40. The van der Waals surface area contributed by atoms with E-state index in [0.717, 1.165) is 11.4 Å². The van der Waals surface area contributed by atoms with Crippen LogP contribution >= 0.6 is 0 Å². The minimum atomic E-state index is -0.0799. The summed E-state index contributed by atoms with van der Waals surface area (Å²) in [5, 5.41) is 15.4. The second-order valence-corrected chi connectivity index (χ2v) is 2.87. The van der Waals surface area contributed by atoms with Crippen molar-refractivity contribution < 1.29 is 5.11 Å². The van der Waals surface area contributed by atoms with Crippen molar-refractivity contribution in [3.63, 3.8) is 0 Å². The highest BCUT2D eigenvalue weighted by molar-refractivity contribution is 5.34. The van der Waals surface area contributed by atoms with Gasteiger partial charge in [0.15, 0.2) is 0 Å². The van der Waals surface area contributed by atoms with Crippen LogP contribution in [0, 0.1) is 6.92 Å². The zero-order valence-electron chi connectivity index (χ0n) is 7.27. The number of para-hydroxylation sites is 1. The van der Waals surface area contributed by atoms with Crippen LogP contribution in [0.15, 0.2) is 36.4 Å². The predicted octanol–water partition coefficient (Wildman–Crippen LogP) is 1.25. The average molecular weight is 173 g/mol. The lowest BCUT2D eigenvalue weighted by molar-refractivity contribution is -0.277. The largest absolute Gasteiger partial charge is 0.859 e. The fourth-order valence-corrected chi connectivity index (χ4v) is 1.23. The lowest BCUT2D eigenvalue weighted by atomic mass is 10.3. The first-order chi connectivity index (χ1) is 6.27. The summed E-state index contributed by atoms with van der Waals surface area (Å²) in [4.78, 5) is 0. The summed E-state index contributed by atoms with van der Waals surface area (Å²) in [6.07, 6.45) is 0. The molecule has 0 aliphatic heterocycles. The number of hydrogen-bond acceptors (Lipinski definition) is 2. The molecule has 0 amide bonds. The summed E-state index contributed by atoms with van der Waals surface area (Å²) in [5.74, 6) is -0.0799. The van der Waals surface area contributed by atoms with Crippen LogP contribution in [0.5, 0.6) is 5.88 Å². The Balaban J connectivity index is 2.53. The van der Waals surface area contributed by atoms with Gasteiger partial charge in [0, 0.05) is 0 Å². The van der Waals surface area contributed by atoms with Crippen molar-refractivity contribution >= 4 is 0 Å². The van der Waals surface area contributed by atoms with E-state index in [2.05, 4.69) is 5.10 Å². The van der Waals surface area contributed by atoms with E-state index >= 15 is 0 Å². The van der Waals surface area contributed by atoms with E-state index in [0.29, 0.717) is 0 Å². The zero-order valence-corrected chi connectivity index (χ0v) is 7.27. The Labute approximate surface area is 76.3 Å². The number of benzene rings is 1. The molecule has 66 valence electrons. The Morgan fingerprint density at radius 1 is 1.23 bits per heavy atom. The first-order valence-corrected chi connectivity index (χ1v) is 4.06. The number of hydrogen-bond donors (Lipinski definition) is 0. The molecule has 0 N–H and O–H groups in total. The summed E-state index contributed by atoms with van der Waals surface area (Å²) in [6, 6.07) is 10.9. The highest BCUT2D eigenvalue weighted by atomic mass is 16.3. The van der Waals surface area contributed by atoms with Crippen LogP contribution in [-0.4, -0.2) is 9.78 Å². The molecule has 0 unspecified atom stereocenters. The quantitative estimate of drug-likeness (QED) is 0.651. The number of aryl methyl sites for hydroxylation is 1. The molecule has 3 heteroatoms. The van der Waals surface area contributed by atoms with Crippen LogP contribution in [0.25, 0.3) is 5.69 Å². The maximum atomic E-state index is 11.3. The van der Waals surface area contributed by atoms with E-state index in [9.17, 15) is 5.11 Å². The lowest BCUT2D eigenvalue weighted by Crippen LogP contribution is -2.02. The van der Waals surface area contributed by atoms with Crippen LogP contribution in [0.1, 0.15) is 5.69 Å². The lowest BCUT2D eigenvalue weighted by Gasteiger charge is -2.08. The molecule has 0 atom stereocenters. The molecule has 0 saturated carbocycles. The van der Waals surface area contributed by atoms with E-state index in [-0.39, 0.29) is 5.88 Å². The van der Waals surface area contributed by atoms with Gasteiger partial charge in [0.1, 0.15) is 0 Å². The van der Waals surface area contributed by atoms with E-state index < -0.39 is 0 Å². The number of nitrogens with zero attached hydrogens (tertiary/aromatic N) is 2. The van der Waals surface area contributed by atoms with Crippen molar-refractivity contribution in [3.05, 3.63) is 42.1 Å². The van der Waals surface area contributed by atoms with Crippen LogP contribution in [0.3, 0.4) is 0 Å². The summed E-state index contributed by atoms with van der Waals surface area (Å²) in [7, 11) is 0. The smallest absolute Gasteiger partial charge is 0.0638 e. The molecule has 0 fully saturated rings. The van der Waals surface area contributed by atoms with Gasteiger partial charge in [-0.15, -0.1) is 0 Å². The van der Waals surface area contributed by atoms with Crippen molar-refractivity contribution in [2.24, 2.45) is 0 Å². The summed E-state index contributed by atoms with van der Waals surface area (Å²) < 4.78 is 1.40. The van der Waals surface area contributed by atoms with E-state index in [1.54, 1.807) is 6.92 Å². The van der Waals surface area contributed by atoms with Gasteiger partial charge in [-0.1, -0.05) is 18.2 Å². The topological polar surface area (TPSA) is 40.9 Å². The van der Waals surface area contributed by atoms with E-state index in [1.807, 2.05) is 30.3 Å². The monoisotopic (exact) mass is 173 g/mol. The molecule has 0 radical (unpaired) electrons. The number of rotatable bonds is 1. The van der Waals surface area contributed by atoms with Crippen LogP contribution in [-0.2, 0) is 0 Å². The van der Waals surface area contributed by atoms with E-state index in [4.69, 9.17) is 0 Å². The Morgan fingerprint density at radius 2 is 1.92 bits per heavy atom. The molecule has 0 spiro atoms. The van der Waals surface area contributed by atoms with E-state index in [1.165, 1.54) is 10.7 Å². The maximum absolute atomic E-state index is 11.3. The van der Waals surface area contributed by atoms with Crippen molar-refractivity contribution in [1.82, 2.24) is 9.78 Å². The molecule has 1 aromatic carbocycles. The van der Waals surface area contributed by atoms with Crippen LogP contribution < -0.4 is 5.11 Å². The molecule has 3 nitrogen and oxygen atoms in total. The van der Waals surface area contributed by atoms with Gasteiger partial charge in [0.05, 0.1) is 11.4 Å². The molecule has 1 aromatic heterocycles. The highest BCUT2D eigenvalue weighted by Gasteiger charge is 1.97. The third-order valence-electron chi connectivity index (χ3n) is 1.80. The van der Waals surface area contributed by atoms with Gasteiger partial charge in [0.2, 0.25) is 0 Å². The molecule has 0 saturated heterocycles. The average Bonchev–Trinajstić information content (AvgIpc) is 2.47. The van der Waals surface area contributed by atoms with Gasteiger partial charge >= 0.3 is 0 Å². The molecule has 2 aromatic rings. The van der Waals surface area contributed by atoms with Crippen molar-refractivity contribution in [2.45, 2.75) is 6.92 Å². The molecular formula is C10H9N2O-. The van der Waals surface area contributed by atoms with Crippen molar-refractivity contribution in [1.29, 1.82) is 0 Å². The minimum absolute atomic E-state index is 0.0799. The predicted molar refractivity (Wildman–Crippen MR) is 47.7 cm³/mol. The van der Waals surface area contributed by atoms with Gasteiger partial charge in [-0.2, -0.15) is 5.10 Å². The Bertz CT molecular complexity index is 406. The third-order valence-corrected chi connectivity index (χ3v) is 1.80. The SMILES string of the molecule is Cc1cc([O-])n(-c2ccccc2)n1. The van der Waals surface area contributed by atoms with Gasteiger partial charge in [-0.05, 0) is 31.0 Å². The van der Waals surface area contributed by atoms with Crippen LogP contribution in [0.4, 0.5) is 0 Å². The van der Waals surface area contributed by atoms with Crippen molar-refractivity contribution in [2.75, 3.05) is 0 Å². The summed E-state index contributed by atoms with van der Waals surface area (Å²) >= 11 is 0. The van der Waals surface area contributed by atoms with Crippen LogP contribution in [0.2, 0.25) is 0 Å². The maximum Gasteiger partial charge on any atom is 0.0638 e. The fraction of sp³-hybridized carbons (Fsp3) is 0.100. The van der Waals surface area contributed by atoms with Gasteiger partial charge in [-0.3, -0.25) is 0 Å². The molecule has 13 heavy (non-hydrogen) atoms. The minimum Gasteiger partial charge on any atom is -0.859 e. The summed E-state index contributed by atoms with van der Waals surface area (Å²) in [5.41, 5.74) is 1.55. The van der Waals surface area contributed by atoms with Gasteiger partial charge in [0.25, 0.3) is 0 Å². The Morgan fingerprint density at radius 3 is 2.46 bits per heavy atom. The second kappa shape index (κ2) is 2.94. The summed E-state index contributed by atoms with van der Waals surface area (Å²) in [6.45, 7) is 1.81.